The number of aromatic nitrogens is 2. The minimum Gasteiger partial charge on any atom is -0.495 e. The summed E-state index contributed by atoms with van der Waals surface area (Å²) in [6.07, 6.45) is 1.59. The van der Waals surface area contributed by atoms with Crippen LogP contribution in [0.25, 0.3) is 0 Å². The maximum absolute atomic E-state index is 13.5. The number of piperidine rings is 1. The van der Waals surface area contributed by atoms with Crippen molar-refractivity contribution in [2.24, 2.45) is 0 Å². The standard InChI is InChI=1S/C27H35F3N8O3/c1-35-12-10-18(11-13-35)32-24(39)17-8-9-20(22(14-17)41-3)33-25-31-15-21-23(34-25)38(19-6-4-5-7-19)37(16-27(28,29)30)26(40)36(21)2/h8-9,14-15,18-19H,4-7,10-13,16H2,1-3H3,(H,32,39)(H,31,33,34). The molecule has 14 heteroatoms. The summed E-state index contributed by atoms with van der Waals surface area (Å²) in [4.78, 5) is 38.2. The van der Waals surface area contributed by atoms with Crippen LogP contribution in [0.3, 0.4) is 0 Å². The zero-order chi connectivity index (χ0) is 29.3. The fourth-order valence-corrected chi connectivity index (χ4v) is 5.62. The van der Waals surface area contributed by atoms with Crippen LogP contribution in [0.1, 0.15) is 48.9 Å². The van der Waals surface area contributed by atoms with Crippen LogP contribution < -0.4 is 25.3 Å². The van der Waals surface area contributed by atoms with E-state index < -0.39 is 18.8 Å². The van der Waals surface area contributed by atoms with Crippen LogP contribution in [0.4, 0.5) is 41.1 Å². The van der Waals surface area contributed by atoms with Gasteiger partial charge in [0.15, 0.2) is 5.82 Å². The van der Waals surface area contributed by atoms with E-state index in [4.69, 9.17) is 4.74 Å². The summed E-state index contributed by atoms with van der Waals surface area (Å²) in [6.45, 7) is 0.426. The largest absolute Gasteiger partial charge is 0.495 e. The molecule has 222 valence electrons. The predicted molar refractivity (Wildman–Crippen MR) is 148 cm³/mol. The van der Waals surface area contributed by atoms with Crippen LogP contribution in [0, 0.1) is 0 Å². The van der Waals surface area contributed by atoms with Gasteiger partial charge in [0.1, 0.15) is 18.0 Å². The molecule has 1 saturated heterocycles. The number of nitrogens with one attached hydrogen (secondary N) is 2. The minimum atomic E-state index is -4.59. The summed E-state index contributed by atoms with van der Waals surface area (Å²) < 4.78 is 46.1. The molecule has 2 N–H and O–H groups in total. The smallest absolute Gasteiger partial charge is 0.408 e. The van der Waals surface area contributed by atoms with E-state index in [9.17, 15) is 22.8 Å². The maximum atomic E-state index is 13.5. The Bertz CT molecular complexity index is 1280. The monoisotopic (exact) mass is 576 g/mol. The number of nitrogens with zero attached hydrogens (tertiary/aromatic N) is 6. The lowest BCUT2D eigenvalue weighted by molar-refractivity contribution is -0.141. The van der Waals surface area contributed by atoms with Crippen molar-refractivity contribution in [3.8, 4) is 5.75 Å². The Morgan fingerprint density at radius 1 is 1.12 bits per heavy atom. The molecule has 5 rings (SSSR count). The molecule has 1 aromatic carbocycles. The number of hydrazine groups is 1. The average molecular weight is 577 g/mol. The molecule has 2 aromatic rings. The topological polar surface area (TPSA) is 106 Å². The summed E-state index contributed by atoms with van der Waals surface area (Å²) in [5, 5.41) is 8.27. The van der Waals surface area contributed by atoms with Crippen molar-refractivity contribution < 1.29 is 27.5 Å². The number of hydrogen-bond acceptors (Lipinski definition) is 8. The van der Waals surface area contributed by atoms with Crippen LogP contribution in [0.2, 0.25) is 0 Å². The number of hydrogen-bond donors (Lipinski definition) is 2. The van der Waals surface area contributed by atoms with E-state index in [1.807, 2.05) is 0 Å². The molecule has 1 aromatic heterocycles. The van der Waals surface area contributed by atoms with Gasteiger partial charge in [-0.2, -0.15) is 18.2 Å². The molecule has 3 heterocycles. The first-order chi connectivity index (χ1) is 19.5. The third-order valence-corrected chi connectivity index (χ3v) is 7.86. The van der Waals surface area contributed by atoms with Crippen molar-refractivity contribution in [1.82, 2.24) is 25.2 Å². The Labute approximate surface area is 236 Å². The molecular formula is C27H35F3N8O3. The lowest BCUT2D eigenvalue weighted by Crippen LogP contribution is -2.61. The molecule has 1 aliphatic carbocycles. The number of fused-ring (bicyclic) bond motifs is 1. The Morgan fingerprint density at radius 3 is 2.49 bits per heavy atom. The van der Waals surface area contributed by atoms with Gasteiger partial charge in [-0.1, -0.05) is 12.8 Å². The van der Waals surface area contributed by atoms with Crippen molar-refractivity contribution >= 4 is 35.1 Å². The first kappa shape index (κ1) is 28.7. The molecule has 3 aliphatic rings. The Morgan fingerprint density at radius 2 is 1.83 bits per heavy atom. The summed E-state index contributed by atoms with van der Waals surface area (Å²) >= 11 is 0. The van der Waals surface area contributed by atoms with Crippen LogP contribution in [-0.4, -0.2) is 90.9 Å². The zero-order valence-corrected chi connectivity index (χ0v) is 23.4. The van der Waals surface area contributed by atoms with Gasteiger partial charge in [-0.25, -0.2) is 14.8 Å². The van der Waals surface area contributed by atoms with Crippen LogP contribution in [0.5, 0.6) is 5.75 Å². The number of carbonyl (C=O) groups excluding carboxylic acids is 2. The van der Waals surface area contributed by atoms with E-state index in [2.05, 4.69) is 32.5 Å². The SMILES string of the molecule is COc1cc(C(=O)NC2CCN(C)CC2)ccc1Nc1ncc2c(n1)N(C1CCCC1)N(CC(F)(F)F)C(=O)N2C. The number of anilines is 4. The molecule has 1 saturated carbocycles. The molecule has 0 atom stereocenters. The van der Waals surface area contributed by atoms with Gasteiger partial charge in [-0.15, -0.1) is 0 Å². The highest BCUT2D eigenvalue weighted by atomic mass is 19.4. The van der Waals surface area contributed by atoms with E-state index in [1.165, 1.54) is 25.4 Å². The fourth-order valence-electron chi connectivity index (χ4n) is 5.62. The van der Waals surface area contributed by atoms with Gasteiger partial charge in [0.25, 0.3) is 5.91 Å². The second-order valence-corrected chi connectivity index (χ2v) is 10.8. The first-order valence-electron chi connectivity index (χ1n) is 13.8. The van der Waals surface area contributed by atoms with Gasteiger partial charge >= 0.3 is 12.2 Å². The minimum absolute atomic E-state index is 0.108. The molecule has 2 aliphatic heterocycles. The fraction of sp³-hybridized carbons (Fsp3) is 0.556. The highest BCUT2D eigenvalue weighted by Crippen LogP contribution is 2.40. The van der Waals surface area contributed by atoms with Gasteiger partial charge in [-0.3, -0.25) is 14.7 Å². The molecule has 3 amide bonds. The summed E-state index contributed by atoms with van der Waals surface area (Å²) in [7, 11) is 4.94. The summed E-state index contributed by atoms with van der Waals surface area (Å²) in [5.41, 5.74) is 1.23. The number of halogens is 3. The van der Waals surface area contributed by atoms with Crippen molar-refractivity contribution in [3.63, 3.8) is 0 Å². The van der Waals surface area contributed by atoms with Crippen molar-refractivity contribution in [1.29, 1.82) is 0 Å². The number of ether oxygens (including phenoxy) is 1. The van der Waals surface area contributed by atoms with E-state index >= 15 is 0 Å². The highest BCUT2D eigenvalue weighted by molar-refractivity contribution is 5.99. The Balaban J connectivity index is 1.40. The van der Waals surface area contributed by atoms with E-state index in [0.717, 1.165) is 48.7 Å². The van der Waals surface area contributed by atoms with Gasteiger partial charge in [-0.05, 0) is 64.0 Å². The molecule has 2 fully saturated rings. The number of likely N-dealkylation sites (tertiary alicyclic amines) is 1. The average Bonchev–Trinajstić information content (AvgIpc) is 3.47. The van der Waals surface area contributed by atoms with Crippen molar-refractivity contribution in [2.45, 2.75) is 56.8 Å². The highest BCUT2D eigenvalue weighted by Gasteiger charge is 2.45. The second kappa shape index (κ2) is 11.6. The lowest BCUT2D eigenvalue weighted by atomic mass is 10.0. The normalized spacial score (nSPS) is 19.0. The molecule has 0 spiro atoms. The van der Waals surface area contributed by atoms with E-state index in [-0.39, 0.29) is 29.8 Å². The van der Waals surface area contributed by atoms with Gasteiger partial charge in [0.05, 0.1) is 25.0 Å². The molecule has 0 unspecified atom stereocenters. The van der Waals surface area contributed by atoms with E-state index in [1.54, 1.807) is 18.2 Å². The third-order valence-electron chi connectivity index (χ3n) is 7.86. The van der Waals surface area contributed by atoms with Crippen molar-refractivity contribution in [2.75, 3.05) is 56.1 Å². The first-order valence-corrected chi connectivity index (χ1v) is 13.8. The number of rotatable bonds is 7. The molecule has 41 heavy (non-hydrogen) atoms. The second-order valence-electron chi connectivity index (χ2n) is 10.8. The quantitative estimate of drug-likeness (QED) is 0.507. The third kappa shape index (κ3) is 6.26. The van der Waals surface area contributed by atoms with Crippen LogP contribution >= 0.6 is 0 Å². The molecule has 0 radical (unpaired) electrons. The van der Waals surface area contributed by atoms with Gasteiger partial charge in [0, 0.05) is 18.7 Å². The number of carbonyl (C=O) groups is 2. The number of benzene rings is 1. The predicted octanol–water partition coefficient (Wildman–Crippen LogP) is 4.15. The number of alkyl halides is 3. The summed E-state index contributed by atoms with van der Waals surface area (Å²) in [6, 6.07) is 3.97. The Kier molecular flexibility index (Phi) is 8.11. The maximum Gasteiger partial charge on any atom is 0.408 e. The van der Waals surface area contributed by atoms with Crippen LogP contribution in [0.15, 0.2) is 24.4 Å². The van der Waals surface area contributed by atoms with Crippen LogP contribution in [-0.2, 0) is 0 Å². The molecular weight excluding hydrogens is 541 g/mol. The number of urea groups is 1. The van der Waals surface area contributed by atoms with Gasteiger partial charge < -0.3 is 20.3 Å². The molecule has 11 nitrogen and oxygen atoms in total. The van der Waals surface area contributed by atoms with Crippen molar-refractivity contribution in [3.05, 3.63) is 30.0 Å². The summed E-state index contributed by atoms with van der Waals surface area (Å²) in [5.74, 6) is 0.511. The number of amides is 3. The zero-order valence-electron chi connectivity index (χ0n) is 23.4. The molecule has 0 bridgehead atoms. The van der Waals surface area contributed by atoms with E-state index in [0.29, 0.717) is 35.5 Å². The lowest BCUT2D eigenvalue weighted by Gasteiger charge is -2.46. The van der Waals surface area contributed by atoms with Gasteiger partial charge in [0.2, 0.25) is 5.95 Å². The Hall–Kier alpha value is -3.81. The number of methoxy groups -OCH3 is 1.